The number of piperazine rings is 1. The number of hydrogen-bond donors (Lipinski definition) is 1. The summed E-state index contributed by atoms with van der Waals surface area (Å²) >= 11 is 0. The van der Waals surface area contributed by atoms with Crippen molar-refractivity contribution in [2.45, 2.75) is 13.8 Å². The average molecular weight is 459 g/mol. The molecule has 2 aliphatic rings. The van der Waals surface area contributed by atoms with Crippen molar-refractivity contribution in [3.05, 3.63) is 83.6 Å². The molecule has 0 saturated carbocycles. The van der Waals surface area contributed by atoms with Crippen LogP contribution in [0, 0.1) is 0 Å². The quantitative estimate of drug-likeness (QED) is 0.618. The molecule has 180 valence electrons. The minimum atomic E-state index is 0.741. The van der Waals surface area contributed by atoms with Crippen LogP contribution in [-0.2, 0) is 4.74 Å². The Balaban J connectivity index is 1.51. The third kappa shape index (κ3) is 5.91. The summed E-state index contributed by atoms with van der Waals surface area (Å²) in [5, 5.41) is 0. The Labute approximate surface area is 204 Å². The van der Waals surface area contributed by atoms with Crippen LogP contribution in [0.25, 0.3) is 17.3 Å². The molecular formula is C29H38N4O. The van der Waals surface area contributed by atoms with Crippen LogP contribution in [0.1, 0.15) is 30.5 Å². The lowest BCUT2D eigenvalue weighted by Gasteiger charge is -2.37. The normalized spacial score (nSPS) is 18.3. The zero-order valence-electron chi connectivity index (χ0n) is 20.7. The number of allylic oxidation sites excluding steroid dienone is 2. The third-order valence-electron chi connectivity index (χ3n) is 6.86. The van der Waals surface area contributed by atoms with Crippen molar-refractivity contribution >= 4 is 23.0 Å². The van der Waals surface area contributed by atoms with Crippen LogP contribution < -0.4 is 10.6 Å². The Morgan fingerprint density at radius 2 is 1.74 bits per heavy atom. The summed E-state index contributed by atoms with van der Waals surface area (Å²) in [6.07, 6.45) is 4.14. The molecule has 2 heterocycles. The van der Waals surface area contributed by atoms with E-state index in [-0.39, 0.29) is 0 Å². The molecule has 2 aliphatic heterocycles. The summed E-state index contributed by atoms with van der Waals surface area (Å²) in [5.41, 5.74) is 14.2. The summed E-state index contributed by atoms with van der Waals surface area (Å²) in [5.74, 6) is 0. The number of likely N-dealkylation sites (N-methyl/N-ethyl adjacent to an activating group) is 1. The van der Waals surface area contributed by atoms with Gasteiger partial charge in [0.1, 0.15) is 0 Å². The zero-order valence-corrected chi connectivity index (χ0v) is 20.7. The Hall–Kier alpha value is -3.02. The molecule has 0 aliphatic carbocycles. The Kier molecular flexibility index (Phi) is 8.09. The molecule has 2 fully saturated rings. The third-order valence-corrected chi connectivity index (χ3v) is 6.86. The summed E-state index contributed by atoms with van der Waals surface area (Å²) < 4.78 is 5.49. The summed E-state index contributed by atoms with van der Waals surface area (Å²) in [4.78, 5) is 7.25. The van der Waals surface area contributed by atoms with Crippen molar-refractivity contribution < 1.29 is 4.74 Å². The molecule has 2 N–H and O–H groups in total. The molecular weight excluding hydrogens is 420 g/mol. The molecule has 34 heavy (non-hydrogen) atoms. The van der Waals surface area contributed by atoms with Gasteiger partial charge in [0.2, 0.25) is 0 Å². The zero-order chi connectivity index (χ0) is 23.9. The van der Waals surface area contributed by atoms with Gasteiger partial charge < -0.3 is 25.2 Å². The highest BCUT2D eigenvalue weighted by Gasteiger charge is 2.18. The van der Waals surface area contributed by atoms with Gasteiger partial charge in [-0.3, -0.25) is 0 Å². The van der Waals surface area contributed by atoms with Gasteiger partial charge in [-0.05, 0) is 54.5 Å². The molecule has 4 rings (SSSR count). The van der Waals surface area contributed by atoms with Crippen LogP contribution in [0.4, 0.5) is 5.69 Å². The summed E-state index contributed by atoms with van der Waals surface area (Å²) in [6, 6.07) is 17.1. The molecule has 5 heteroatoms. The van der Waals surface area contributed by atoms with Crippen LogP contribution in [0.15, 0.2) is 66.9 Å². The van der Waals surface area contributed by atoms with E-state index >= 15 is 0 Å². The summed E-state index contributed by atoms with van der Waals surface area (Å²) in [7, 11) is 0. The largest absolute Gasteiger partial charge is 0.399 e. The minimum Gasteiger partial charge on any atom is -0.399 e. The minimum absolute atomic E-state index is 0.741. The molecule has 0 amide bonds. The number of morpholine rings is 1. The Bertz CT molecular complexity index is 1040. The number of nitrogens with zero attached hydrogens (tertiary/aromatic N) is 3. The van der Waals surface area contributed by atoms with Gasteiger partial charge in [0.25, 0.3) is 0 Å². The van der Waals surface area contributed by atoms with E-state index in [1.807, 2.05) is 0 Å². The molecule has 0 radical (unpaired) electrons. The topological polar surface area (TPSA) is 45.0 Å². The highest BCUT2D eigenvalue weighted by atomic mass is 16.5. The van der Waals surface area contributed by atoms with Crippen LogP contribution in [0.2, 0.25) is 0 Å². The maximum atomic E-state index is 6.52. The lowest BCUT2D eigenvalue weighted by Crippen LogP contribution is -2.45. The van der Waals surface area contributed by atoms with Gasteiger partial charge in [0.05, 0.1) is 13.2 Å². The van der Waals surface area contributed by atoms with Crippen LogP contribution in [0.5, 0.6) is 0 Å². The smallest absolute Gasteiger partial charge is 0.0642 e. The van der Waals surface area contributed by atoms with Crippen molar-refractivity contribution in [1.82, 2.24) is 9.80 Å². The summed E-state index contributed by atoms with van der Waals surface area (Å²) in [6.45, 7) is 17.5. The van der Waals surface area contributed by atoms with Crippen molar-refractivity contribution in [3.8, 4) is 0 Å². The molecule has 5 nitrogen and oxygen atoms in total. The first-order chi connectivity index (χ1) is 16.5. The van der Waals surface area contributed by atoms with E-state index in [9.17, 15) is 0 Å². The molecule has 0 unspecified atom stereocenters. The maximum absolute atomic E-state index is 6.52. The molecule has 2 aromatic carbocycles. The van der Waals surface area contributed by atoms with Crippen molar-refractivity contribution in [2.24, 2.45) is 5.73 Å². The van der Waals surface area contributed by atoms with Gasteiger partial charge >= 0.3 is 0 Å². The predicted octanol–water partition coefficient (Wildman–Crippen LogP) is 4.53. The van der Waals surface area contributed by atoms with Gasteiger partial charge in [-0.1, -0.05) is 49.9 Å². The Morgan fingerprint density at radius 1 is 1.00 bits per heavy atom. The second kappa shape index (κ2) is 11.4. The van der Waals surface area contributed by atoms with Crippen molar-refractivity contribution in [3.63, 3.8) is 0 Å². The standard InChI is InChI=1S/C29H38N4O/c1-4-31-12-14-32(15-13-31)24(3)29-11-6-5-8-26(29)21-27(30)20-23(2)25-9-7-10-28(22-25)33-16-18-34-19-17-33/h5-11,20-22H,3-4,12-19,30H2,1-2H3/b23-20+,27-21-. The van der Waals surface area contributed by atoms with Crippen LogP contribution in [-0.4, -0.2) is 68.8 Å². The van der Waals surface area contributed by atoms with E-state index in [0.717, 1.165) is 87.1 Å². The SMILES string of the molecule is C=C(c1ccccc1/C=C(N)/C=C(\C)c1cccc(N2CCOCC2)c1)N1CCN(CC)CC1. The molecule has 0 spiro atoms. The molecule has 0 bridgehead atoms. The van der Waals surface area contributed by atoms with Gasteiger partial charge in [-0.15, -0.1) is 0 Å². The fourth-order valence-electron chi connectivity index (χ4n) is 4.71. The van der Waals surface area contributed by atoms with E-state index < -0.39 is 0 Å². The van der Waals surface area contributed by atoms with E-state index in [2.05, 4.69) is 95.8 Å². The fourth-order valence-corrected chi connectivity index (χ4v) is 4.71. The number of anilines is 1. The first-order valence-electron chi connectivity index (χ1n) is 12.4. The van der Waals surface area contributed by atoms with Gasteiger partial charge in [0.15, 0.2) is 0 Å². The number of nitrogens with two attached hydrogens (primary N) is 1. The molecule has 2 aromatic rings. The number of rotatable bonds is 7. The number of ether oxygens (including phenoxy) is 1. The predicted molar refractivity (Wildman–Crippen MR) is 144 cm³/mol. The van der Waals surface area contributed by atoms with Crippen LogP contribution in [0.3, 0.4) is 0 Å². The first-order valence-corrected chi connectivity index (χ1v) is 12.4. The van der Waals surface area contributed by atoms with E-state index in [1.165, 1.54) is 11.3 Å². The highest BCUT2D eigenvalue weighted by Crippen LogP contribution is 2.26. The van der Waals surface area contributed by atoms with Gasteiger partial charge in [-0.25, -0.2) is 0 Å². The van der Waals surface area contributed by atoms with Crippen LogP contribution >= 0.6 is 0 Å². The molecule has 0 atom stereocenters. The second-order valence-corrected chi connectivity index (χ2v) is 9.08. The van der Waals surface area contributed by atoms with E-state index in [4.69, 9.17) is 10.5 Å². The van der Waals surface area contributed by atoms with E-state index in [1.54, 1.807) is 0 Å². The lowest BCUT2D eigenvalue weighted by molar-refractivity contribution is 0.122. The highest BCUT2D eigenvalue weighted by molar-refractivity contribution is 5.76. The maximum Gasteiger partial charge on any atom is 0.0642 e. The first kappa shape index (κ1) is 24.1. The van der Waals surface area contributed by atoms with E-state index in [0.29, 0.717) is 0 Å². The molecule has 2 saturated heterocycles. The number of hydrogen-bond acceptors (Lipinski definition) is 5. The van der Waals surface area contributed by atoms with Crippen molar-refractivity contribution in [2.75, 3.05) is 63.9 Å². The average Bonchev–Trinajstić information content (AvgIpc) is 2.89. The monoisotopic (exact) mass is 458 g/mol. The number of benzene rings is 2. The lowest BCUT2D eigenvalue weighted by atomic mass is 10.0. The Morgan fingerprint density at radius 3 is 2.47 bits per heavy atom. The fraction of sp³-hybridized carbons (Fsp3) is 0.379. The van der Waals surface area contributed by atoms with Gasteiger partial charge in [0, 0.05) is 61.9 Å². The van der Waals surface area contributed by atoms with Gasteiger partial charge in [-0.2, -0.15) is 0 Å². The second-order valence-electron chi connectivity index (χ2n) is 9.08. The van der Waals surface area contributed by atoms with Crippen molar-refractivity contribution in [1.29, 1.82) is 0 Å². The molecule has 0 aromatic heterocycles.